The van der Waals surface area contributed by atoms with Crippen molar-refractivity contribution in [3.8, 4) is 0 Å². The molecule has 0 saturated heterocycles. The molecule has 0 spiro atoms. The maximum absolute atomic E-state index is 12.0. The number of nitrogens with two attached hydrogens (primary N) is 1. The summed E-state index contributed by atoms with van der Waals surface area (Å²) in [6.07, 6.45) is 1.08. The van der Waals surface area contributed by atoms with Gasteiger partial charge in [-0.3, -0.25) is 9.78 Å². The molecule has 0 radical (unpaired) electrons. The smallest absolute Gasteiger partial charge is 0.251 e. The van der Waals surface area contributed by atoms with Gasteiger partial charge in [-0.1, -0.05) is 0 Å². The van der Waals surface area contributed by atoms with E-state index in [1.54, 1.807) is 25.3 Å². The average Bonchev–Trinajstić information content (AvgIpc) is 2.40. The van der Waals surface area contributed by atoms with Crippen LogP contribution in [-0.4, -0.2) is 37.4 Å². The summed E-state index contributed by atoms with van der Waals surface area (Å²) in [4.78, 5) is 16.0. The molecule has 0 aliphatic heterocycles. The van der Waals surface area contributed by atoms with Gasteiger partial charge in [0.05, 0.1) is 11.7 Å². The van der Waals surface area contributed by atoms with E-state index in [1.807, 2.05) is 0 Å². The van der Waals surface area contributed by atoms with Crippen molar-refractivity contribution in [1.29, 1.82) is 0 Å². The minimum atomic E-state index is -0.482. The van der Waals surface area contributed by atoms with Gasteiger partial charge in [-0.05, 0) is 19.1 Å². The number of hydrogen-bond donors (Lipinski definition) is 2. The Kier molecular flexibility index (Phi) is 5.70. The summed E-state index contributed by atoms with van der Waals surface area (Å²) >= 11 is 0. The van der Waals surface area contributed by atoms with E-state index in [9.17, 15) is 4.79 Å². The van der Waals surface area contributed by atoms with Crippen LogP contribution in [0.25, 0.3) is 0 Å². The molecule has 0 fully saturated rings. The Bertz CT molecular complexity index is 394. The Labute approximate surface area is 106 Å². The number of nitrogens with zero attached hydrogens (tertiary/aromatic N) is 1. The standard InChI is InChI=1S/C12H19N3O3/c1-8(12(17-2)18-3)15-11(16)9-4-5-14-10(6-9)7-13/h4-6,8,12H,7,13H2,1-3H3,(H,15,16). The van der Waals surface area contributed by atoms with Crippen molar-refractivity contribution in [2.45, 2.75) is 25.8 Å². The maximum atomic E-state index is 12.0. The predicted octanol–water partition coefficient (Wildman–Crippen LogP) is 0.278. The summed E-state index contributed by atoms with van der Waals surface area (Å²) < 4.78 is 10.1. The molecule has 100 valence electrons. The van der Waals surface area contributed by atoms with Gasteiger partial charge in [0, 0.05) is 32.5 Å². The summed E-state index contributed by atoms with van der Waals surface area (Å²) in [7, 11) is 3.05. The largest absolute Gasteiger partial charge is 0.354 e. The van der Waals surface area contributed by atoms with E-state index in [4.69, 9.17) is 15.2 Å². The molecule has 1 rings (SSSR count). The number of amides is 1. The first-order valence-electron chi connectivity index (χ1n) is 5.63. The van der Waals surface area contributed by atoms with E-state index < -0.39 is 6.29 Å². The van der Waals surface area contributed by atoms with Crippen molar-refractivity contribution in [3.63, 3.8) is 0 Å². The SMILES string of the molecule is COC(OC)C(C)NC(=O)c1ccnc(CN)c1. The summed E-state index contributed by atoms with van der Waals surface area (Å²) in [5.74, 6) is -0.210. The van der Waals surface area contributed by atoms with Crippen LogP contribution in [0.1, 0.15) is 23.0 Å². The Balaban J connectivity index is 2.69. The quantitative estimate of drug-likeness (QED) is 0.711. The lowest BCUT2D eigenvalue weighted by molar-refractivity contribution is -0.117. The lowest BCUT2D eigenvalue weighted by atomic mass is 10.2. The second-order valence-corrected chi connectivity index (χ2v) is 3.84. The van der Waals surface area contributed by atoms with Crippen LogP contribution in [-0.2, 0) is 16.0 Å². The van der Waals surface area contributed by atoms with E-state index in [2.05, 4.69) is 10.3 Å². The first kappa shape index (κ1) is 14.6. The van der Waals surface area contributed by atoms with Crippen molar-refractivity contribution in [1.82, 2.24) is 10.3 Å². The van der Waals surface area contributed by atoms with E-state index in [0.29, 0.717) is 17.8 Å². The molecule has 18 heavy (non-hydrogen) atoms. The Morgan fingerprint density at radius 2 is 2.17 bits per heavy atom. The molecule has 1 amide bonds. The number of carbonyl (C=O) groups is 1. The van der Waals surface area contributed by atoms with Crippen LogP contribution >= 0.6 is 0 Å². The third-order valence-corrected chi connectivity index (χ3v) is 2.52. The molecular weight excluding hydrogens is 234 g/mol. The van der Waals surface area contributed by atoms with Crippen LogP contribution in [0.3, 0.4) is 0 Å². The molecule has 1 aromatic rings. The zero-order valence-electron chi connectivity index (χ0n) is 10.8. The summed E-state index contributed by atoms with van der Waals surface area (Å²) in [6, 6.07) is 3.04. The van der Waals surface area contributed by atoms with Gasteiger partial charge in [-0.15, -0.1) is 0 Å². The molecule has 1 heterocycles. The number of hydrogen-bond acceptors (Lipinski definition) is 5. The normalized spacial score (nSPS) is 12.5. The first-order valence-corrected chi connectivity index (χ1v) is 5.63. The van der Waals surface area contributed by atoms with Gasteiger partial charge in [0.1, 0.15) is 0 Å². The topological polar surface area (TPSA) is 86.5 Å². The molecule has 6 nitrogen and oxygen atoms in total. The highest BCUT2D eigenvalue weighted by atomic mass is 16.7. The number of nitrogens with one attached hydrogen (secondary N) is 1. The van der Waals surface area contributed by atoms with Gasteiger partial charge in [0.2, 0.25) is 0 Å². The zero-order valence-corrected chi connectivity index (χ0v) is 10.8. The van der Waals surface area contributed by atoms with E-state index >= 15 is 0 Å². The Morgan fingerprint density at radius 3 is 2.72 bits per heavy atom. The van der Waals surface area contributed by atoms with Crippen LogP contribution in [0.4, 0.5) is 0 Å². The highest BCUT2D eigenvalue weighted by molar-refractivity contribution is 5.94. The molecule has 3 N–H and O–H groups in total. The van der Waals surface area contributed by atoms with Crippen LogP contribution < -0.4 is 11.1 Å². The fourth-order valence-corrected chi connectivity index (χ4v) is 1.59. The fraction of sp³-hybridized carbons (Fsp3) is 0.500. The molecule has 0 aliphatic carbocycles. The van der Waals surface area contributed by atoms with Gasteiger partial charge in [-0.2, -0.15) is 0 Å². The van der Waals surface area contributed by atoms with Gasteiger partial charge in [-0.25, -0.2) is 0 Å². The van der Waals surface area contributed by atoms with E-state index in [-0.39, 0.29) is 11.9 Å². The molecule has 1 unspecified atom stereocenters. The van der Waals surface area contributed by atoms with Crippen molar-refractivity contribution in [2.24, 2.45) is 5.73 Å². The summed E-state index contributed by atoms with van der Waals surface area (Å²) in [6.45, 7) is 2.11. The third-order valence-electron chi connectivity index (χ3n) is 2.52. The van der Waals surface area contributed by atoms with E-state index in [1.165, 1.54) is 14.2 Å². The molecule has 1 aromatic heterocycles. The van der Waals surface area contributed by atoms with Gasteiger partial charge in [0.15, 0.2) is 6.29 Å². The Hall–Kier alpha value is -1.50. The molecule has 6 heteroatoms. The molecule has 0 bridgehead atoms. The van der Waals surface area contributed by atoms with Crippen molar-refractivity contribution >= 4 is 5.91 Å². The van der Waals surface area contributed by atoms with Crippen LogP contribution in [0.2, 0.25) is 0 Å². The number of ether oxygens (including phenoxy) is 2. The number of pyridine rings is 1. The molecule has 0 aliphatic rings. The van der Waals surface area contributed by atoms with Crippen LogP contribution in [0.5, 0.6) is 0 Å². The van der Waals surface area contributed by atoms with Gasteiger partial charge < -0.3 is 20.5 Å². The fourth-order valence-electron chi connectivity index (χ4n) is 1.59. The van der Waals surface area contributed by atoms with Gasteiger partial charge in [0.25, 0.3) is 5.91 Å². The second-order valence-electron chi connectivity index (χ2n) is 3.84. The molecular formula is C12H19N3O3. The van der Waals surface area contributed by atoms with Crippen LogP contribution in [0, 0.1) is 0 Å². The maximum Gasteiger partial charge on any atom is 0.251 e. The second kappa shape index (κ2) is 7.05. The average molecular weight is 253 g/mol. The van der Waals surface area contributed by atoms with Crippen molar-refractivity contribution < 1.29 is 14.3 Å². The van der Waals surface area contributed by atoms with Crippen LogP contribution in [0.15, 0.2) is 18.3 Å². The van der Waals surface area contributed by atoms with Crippen molar-refractivity contribution in [3.05, 3.63) is 29.6 Å². The zero-order chi connectivity index (χ0) is 13.5. The number of methoxy groups -OCH3 is 2. The monoisotopic (exact) mass is 253 g/mol. The van der Waals surface area contributed by atoms with E-state index in [0.717, 1.165) is 0 Å². The summed E-state index contributed by atoms with van der Waals surface area (Å²) in [5, 5.41) is 2.79. The number of carbonyl (C=O) groups excluding carboxylic acids is 1. The third kappa shape index (κ3) is 3.76. The summed E-state index contributed by atoms with van der Waals surface area (Å²) in [5.41, 5.74) is 6.67. The highest BCUT2D eigenvalue weighted by Crippen LogP contribution is 2.04. The molecule has 1 atom stereocenters. The van der Waals surface area contributed by atoms with Crippen molar-refractivity contribution in [2.75, 3.05) is 14.2 Å². The number of rotatable bonds is 6. The first-order chi connectivity index (χ1) is 8.62. The van der Waals surface area contributed by atoms with Gasteiger partial charge >= 0.3 is 0 Å². The molecule has 0 aromatic carbocycles. The lowest BCUT2D eigenvalue weighted by Crippen LogP contribution is -2.43. The number of aromatic nitrogens is 1. The highest BCUT2D eigenvalue weighted by Gasteiger charge is 2.18. The lowest BCUT2D eigenvalue weighted by Gasteiger charge is -2.22. The minimum absolute atomic E-state index is 0.210. The minimum Gasteiger partial charge on any atom is -0.354 e. The Morgan fingerprint density at radius 1 is 1.50 bits per heavy atom. The predicted molar refractivity (Wildman–Crippen MR) is 66.9 cm³/mol. The molecule has 0 saturated carbocycles.